The van der Waals surface area contributed by atoms with Gasteiger partial charge in [-0.25, -0.2) is 4.79 Å². The van der Waals surface area contributed by atoms with Gasteiger partial charge >= 0.3 is 6.09 Å². The molecule has 4 heteroatoms. The zero-order chi connectivity index (χ0) is 14.3. The second-order valence-electron chi connectivity index (χ2n) is 5.82. The molecule has 0 aromatic rings. The lowest BCUT2D eigenvalue weighted by atomic mass is 9.98. The monoisotopic (exact) mass is 267 g/mol. The average molecular weight is 267 g/mol. The van der Waals surface area contributed by atoms with Crippen molar-refractivity contribution in [3.8, 4) is 0 Å². The molecule has 0 bridgehead atoms. The van der Waals surface area contributed by atoms with E-state index in [1.165, 1.54) is 5.57 Å². The van der Waals surface area contributed by atoms with Gasteiger partial charge in [0.05, 0.1) is 0 Å². The smallest absolute Gasteiger partial charge is 0.411 e. The van der Waals surface area contributed by atoms with E-state index in [0.29, 0.717) is 0 Å². The van der Waals surface area contributed by atoms with Gasteiger partial charge in [0, 0.05) is 12.3 Å². The quantitative estimate of drug-likeness (QED) is 0.752. The maximum absolute atomic E-state index is 11.6. The molecule has 0 aromatic heterocycles. The van der Waals surface area contributed by atoms with E-state index >= 15 is 0 Å². The Hall–Kier alpha value is -1.29. The second-order valence-corrected chi connectivity index (χ2v) is 5.82. The van der Waals surface area contributed by atoms with Crippen LogP contribution in [0.1, 0.15) is 52.9 Å². The molecule has 0 aromatic carbocycles. The predicted molar refractivity (Wildman–Crippen MR) is 75.7 cm³/mol. The van der Waals surface area contributed by atoms with Gasteiger partial charge in [0.1, 0.15) is 5.60 Å². The number of alkyl carbamates (subject to hydrolysis) is 1. The Bertz CT molecular complexity index is 364. The topological polar surface area (TPSA) is 58.6 Å². The first-order chi connectivity index (χ1) is 8.90. The lowest BCUT2D eigenvalue weighted by Gasteiger charge is -2.21. The average Bonchev–Trinajstić information content (AvgIpc) is 2.29. The summed E-state index contributed by atoms with van der Waals surface area (Å²) in [6, 6.07) is 0. The van der Waals surface area contributed by atoms with Crippen molar-refractivity contribution in [2.75, 3.05) is 6.61 Å². The van der Waals surface area contributed by atoms with Crippen molar-refractivity contribution in [2.45, 2.75) is 58.5 Å². The van der Waals surface area contributed by atoms with E-state index < -0.39 is 11.7 Å². The van der Waals surface area contributed by atoms with Gasteiger partial charge < -0.3 is 9.84 Å². The molecule has 0 saturated heterocycles. The fourth-order valence-electron chi connectivity index (χ4n) is 1.89. The molecule has 0 spiro atoms. The minimum atomic E-state index is -0.468. The normalized spacial score (nSPS) is 15.6. The van der Waals surface area contributed by atoms with E-state index in [-0.39, 0.29) is 6.61 Å². The molecule has 4 nitrogen and oxygen atoms in total. The van der Waals surface area contributed by atoms with Gasteiger partial charge in [-0.15, -0.1) is 0 Å². The minimum Gasteiger partial charge on any atom is -0.444 e. The molecule has 0 aliphatic heterocycles. The fraction of sp³-hybridized carbons (Fsp3) is 0.667. The number of ether oxygens (including phenoxy) is 1. The van der Waals surface area contributed by atoms with Crippen LogP contribution in [0.4, 0.5) is 4.79 Å². The highest BCUT2D eigenvalue weighted by molar-refractivity contribution is 5.70. The van der Waals surface area contributed by atoms with Gasteiger partial charge in [-0.2, -0.15) is 0 Å². The van der Waals surface area contributed by atoms with Gasteiger partial charge in [0.15, 0.2) is 0 Å². The molecule has 1 aliphatic carbocycles. The number of hydrogen-bond acceptors (Lipinski definition) is 3. The molecule has 108 valence electrons. The van der Waals surface area contributed by atoms with E-state index in [1.54, 1.807) is 0 Å². The van der Waals surface area contributed by atoms with Gasteiger partial charge in [-0.1, -0.05) is 11.6 Å². The van der Waals surface area contributed by atoms with Crippen LogP contribution >= 0.6 is 0 Å². The Morgan fingerprint density at radius 2 is 2.05 bits per heavy atom. The second kappa shape index (κ2) is 7.34. The van der Waals surface area contributed by atoms with E-state index in [2.05, 4.69) is 11.4 Å². The number of rotatable bonds is 5. The minimum absolute atomic E-state index is 0.259. The van der Waals surface area contributed by atoms with Crippen LogP contribution in [-0.4, -0.2) is 23.4 Å². The molecular formula is C15H25NO3. The van der Waals surface area contributed by atoms with Crippen LogP contribution < -0.4 is 5.32 Å². The zero-order valence-corrected chi connectivity index (χ0v) is 12.2. The van der Waals surface area contributed by atoms with Crippen molar-refractivity contribution in [2.24, 2.45) is 0 Å². The van der Waals surface area contributed by atoms with E-state index in [4.69, 9.17) is 9.84 Å². The number of carbonyl (C=O) groups is 1. The number of hydrogen-bond donors (Lipinski definition) is 2. The van der Waals surface area contributed by atoms with Gasteiger partial charge in [-0.3, -0.25) is 5.32 Å². The molecule has 0 atom stereocenters. The molecule has 19 heavy (non-hydrogen) atoms. The number of unbranched alkanes of at least 4 members (excludes halogenated alkanes) is 1. The van der Waals surface area contributed by atoms with Crippen molar-refractivity contribution in [3.63, 3.8) is 0 Å². The van der Waals surface area contributed by atoms with Crippen LogP contribution in [-0.2, 0) is 4.74 Å². The molecule has 1 aliphatic rings. The van der Waals surface area contributed by atoms with Crippen LogP contribution in [0.25, 0.3) is 0 Å². The van der Waals surface area contributed by atoms with Crippen LogP contribution in [0, 0.1) is 0 Å². The molecule has 0 heterocycles. The van der Waals surface area contributed by atoms with Gasteiger partial charge in [-0.05, 0) is 59.0 Å². The molecule has 2 N–H and O–H groups in total. The van der Waals surface area contributed by atoms with Crippen molar-refractivity contribution >= 4 is 6.09 Å². The van der Waals surface area contributed by atoms with Crippen LogP contribution in [0.3, 0.4) is 0 Å². The van der Waals surface area contributed by atoms with Crippen LogP contribution in [0.5, 0.6) is 0 Å². The number of allylic oxidation sites excluding steroid dienone is 4. The number of carbonyl (C=O) groups excluding carboxylic acids is 1. The summed E-state index contributed by atoms with van der Waals surface area (Å²) in [5, 5.41) is 11.5. The highest BCUT2D eigenvalue weighted by Gasteiger charge is 2.17. The Kier molecular flexibility index (Phi) is 6.09. The van der Waals surface area contributed by atoms with Crippen molar-refractivity contribution in [1.82, 2.24) is 5.32 Å². The predicted octanol–water partition coefficient (Wildman–Crippen LogP) is 3.28. The largest absolute Gasteiger partial charge is 0.444 e. The summed E-state index contributed by atoms with van der Waals surface area (Å²) in [6.45, 7) is 5.80. The molecule has 0 saturated carbocycles. The number of nitrogens with one attached hydrogen (secondary N) is 1. The summed E-state index contributed by atoms with van der Waals surface area (Å²) in [5.41, 5.74) is 1.81. The van der Waals surface area contributed by atoms with E-state index in [1.807, 2.05) is 26.8 Å². The highest BCUT2D eigenvalue weighted by atomic mass is 16.6. The van der Waals surface area contributed by atoms with Crippen molar-refractivity contribution in [1.29, 1.82) is 0 Å². The summed E-state index contributed by atoms with van der Waals surface area (Å²) in [5.74, 6) is 0. The van der Waals surface area contributed by atoms with Gasteiger partial charge in [0.25, 0.3) is 0 Å². The summed E-state index contributed by atoms with van der Waals surface area (Å²) < 4.78 is 5.21. The third-order valence-corrected chi connectivity index (χ3v) is 2.80. The molecule has 1 amide bonds. The van der Waals surface area contributed by atoms with E-state index in [9.17, 15) is 4.79 Å². The molecular weight excluding hydrogens is 242 g/mol. The standard InChI is InChI=1S/C15H25NO3/c1-15(2,3)19-14(18)16-13-9-7-12(8-10-13)6-4-5-11-17/h7,9,17H,4-6,8,10-11H2,1-3H3,(H,16,18). The third kappa shape index (κ3) is 7.01. The fourth-order valence-corrected chi connectivity index (χ4v) is 1.89. The zero-order valence-electron chi connectivity index (χ0n) is 12.2. The Labute approximate surface area is 115 Å². The molecule has 0 unspecified atom stereocenters. The van der Waals surface area contributed by atoms with Crippen molar-refractivity contribution < 1.29 is 14.6 Å². The Balaban J connectivity index is 2.39. The number of amides is 1. The molecule has 0 radical (unpaired) electrons. The third-order valence-electron chi connectivity index (χ3n) is 2.80. The maximum Gasteiger partial charge on any atom is 0.411 e. The first-order valence-corrected chi connectivity index (χ1v) is 6.90. The summed E-state index contributed by atoms with van der Waals surface area (Å²) in [4.78, 5) is 11.6. The Morgan fingerprint density at radius 1 is 1.32 bits per heavy atom. The summed E-state index contributed by atoms with van der Waals surface area (Å²) in [7, 11) is 0. The van der Waals surface area contributed by atoms with E-state index in [0.717, 1.165) is 37.8 Å². The van der Waals surface area contributed by atoms with Crippen LogP contribution in [0.2, 0.25) is 0 Å². The van der Waals surface area contributed by atoms with Crippen LogP contribution in [0.15, 0.2) is 23.4 Å². The first kappa shape index (κ1) is 15.8. The lowest BCUT2D eigenvalue weighted by molar-refractivity contribution is 0.0544. The maximum atomic E-state index is 11.6. The molecule has 0 fully saturated rings. The SMILES string of the molecule is CC(C)(C)OC(=O)NC1=CC=C(CCCCO)CC1. The summed E-state index contributed by atoms with van der Waals surface area (Å²) in [6.07, 6.45) is 8.31. The summed E-state index contributed by atoms with van der Waals surface area (Å²) >= 11 is 0. The number of aliphatic hydroxyl groups is 1. The lowest BCUT2D eigenvalue weighted by Crippen LogP contribution is -2.32. The van der Waals surface area contributed by atoms with Gasteiger partial charge in [0.2, 0.25) is 0 Å². The number of aliphatic hydroxyl groups excluding tert-OH is 1. The highest BCUT2D eigenvalue weighted by Crippen LogP contribution is 2.21. The molecule has 1 rings (SSSR count). The first-order valence-electron chi connectivity index (χ1n) is 6.90. The van der Waals surface area contributed by atoms with Crippen molar-refractivity contribution in [3.05, 3.63) is 23.4 Å². The Morgan fingerprint density at radius 3 is 2.58 bits per heavy atom.